The van der Waals surface area contributed by atoms with Gasteiger partial charge in [-0.1, -0.05) is 12.2 Å². The summed E-state index contributed by atoms with van der Waals surface area (Å²) in [7, 11) is 0. The molecule has 2 atom stereocenters. The van der Waals surface area contributed by atoms with Gasteiger partial charge in [0, 0.05) is 6.04 Å². The lowest BCUT2D eigenvalue weighted by molar-refractivity contribution is 0.402. The number of nitrogens with one attached hydrogen (secondary N) is 1. The van der Waals surface area contributed by atoms with Crippen molar-refractivity contribution in [2.45, 2.75) is 31.7 Å². The third-order valence-corrected chi connectivity index (χ3v) is 3.51. The van der Waals surface area contributed by atoms with Crippen molar-refractivity contribution in [3.8, 4) is 0 Å². The van der Waals surface area contributed by atoms with Crippen molar-refractivity contribution in [1.29, 1.82) is 0 Å². The van der Waals surface area contributed by atoms with Crippen LogP contribution in [0.5, 0.6) is 0 Å². The summed E-state index contributed by atoms with van der Waals surface area (Å²) in [6.07, 6.45) is 10.1. The van der Waals surface area contributed by atoms with Crippen LogP contribution in [0.2, 0.25) is 0 Å². The van der Waals surface area contributed by atoms with Gasteiger partial charge in [-0.3, -0.25) is 0 Å². The molecule has 0 aromatic carbocycles. The number of allylic oxidation sites excluding steroid dienone is 3. The van der Waals surface area contributed by atoms with Gasteiger partial charge < -0.3 is 5.32 Å². The van der Waals surface area contributed by atoms with E-state index in [9.17, 15) is 0 Å². The van der Waals surface area contributed by atoms with E-state index >= 15 is 0 Å². The third-order valence-electron chi connectivity index (χ3n) is 3.51. The minimum absolute atomic E-state index is 0.753. The van der Waals surface area contributed by atoms with Crippen LogP contribution < -0.4 is 5.32 Å². The molecule has 0 radical (unpaired) electrons. The Kier molecular flexibility index (Phi) is 1.42. The molecule has 0 aromatic heterocycles. The first-order chi connectivity index (χ1) is 5.95. The van der Waals surface area contributed by atoms with Gasteiger partial charge in [0.15, 0.2) is 0 Å². The lowest BCUT2D eigenvalue weighted by Crippen LogP contribution is -2.38. The number of hydrogen-bond donors (Lipinski definition) is 1. The predicted octanol–water partition coefficient (Wildman–Crippen LogP) is 2.01. The van der Waals surface area contributed by atoms with Gasteiger partial charge in [0.25, 0.3) is 0 Å². The van der Waals surface area contributed by atoms with E-state index in [4.69, 9.17) is 0 Å². The molecule has 0 spiro atoms. The zero-order chi connectivity index (χ0) is 7.97. The van der Waals surface area contributed by atoms with Gasteiger partial charge in [-0.15, -0.1) is 0 Å². The second kappa shape index (κ2) is 2.46. The topological polar surface area (TPSA) is 12.0 Å². The Morgan fingerprint density at radius 2 is 2.33 bits per heavy atom. The molecule has 1 nitrogen and oxygen atoms in total. The Bertz CT molecular complexity index is 262. The molecule has 2 aliphatic carbocycles. The molecule has 1 heteroatoms. The summed E-state index contributed by atoms with van der Waals surface area (Å²) in [4.78, 5) is 0. The van der Waals surface area contributed by atoms with Crippen LogP contribution in [0.4, 0.5) is 0 Å². The van der Waals surface area contributed by atoms with Crippen LogP contribution in [0, 0.1) is 5.92 Å². The average molecular weight is 161 g/mol. The Balaban J connectivity index is 2.03. The Morgan fingerprint density at radius 3 is 3.33 bits per heavy atom. The fourth-order valence-electron chi connectivity index (χ4n) is 2.97. The molecule has 1 aliphatic heterocycles. The van der Waals surface area contributed by atoms with Crippen LogP contribution in [-0.4, -0.2) is 12.6 Å². The van der Waals surface area contributed by atoms with Crippen molar-refractivity contribution in [2.24, 2.45) is 5.92 Å². The van der Waals surface area contributed by atoms with Gasteiger partial charge >= 0.3 is 0 Å². The molecule has 0 amide bonds. The maximum Gasteiger partial charge on any atom is 0.0291 e. The molecule has 1 fully saturated rings. The summed E-state index contributed by atoms with van der Waals surface area (Å²) < 4.78 is 0. The molecule has 1 heterocycles. The lowest BCUT2D eigenvalue weighted by Gasteiger charge is -2.32. The van der Waals surface area contributed by atoms with E-state index in [1.165, 1.54) is 32.2 Å². The minimum Gasteiger partial charge on any atom is -0.310 e. The Hall–Kier alpha value is -0.560. The van der Waals surface area contributed by atoms with Crippen LogP contribution in [0.1, 0.15) is 25.7 Å². The Morgan fingerprint density at radius 1 is 1.33 bits per heavy atom. The first-order valence-electron chi connectivity index (χ1n) is 5.08. The number of rotatable bonds is 0. The zero-order valence-electron chi connectivity index (χ0n) is 7.34. The number of piperidine rings is 1. The highest BCUT2D eigenvalue weighted by Gasteiger charge is 2.33. The summed E-state index contributed by atoms with van der Waals surface area (Å²) in [5, 5.41) is 3.62. The van der Waals surface area contributed by atoms with Crippen molar-refractivity contribution < 1.29 is 0 Å². The van der Waals surface area contributed by atoms with Gasteiger partial charge in [0.05, 0.1) is 0 Å². The molecular weight excluding hydrogens is 146 g/mol. The van der Waals surface area contributed by atoms with Gasteiger partial charge in [0.2, 0.25) is 0 Å². The molecule has 3 rings (SSSR count). The van der Waals surface area contributed by atoms with Gasteiger partial charge in [0.1, 0.15) is 0 Å². The number of hydrogen-bond acceptors (Lipinski definition) is 1. The molecule has 0 saturated carbocycles. The highest BCUT2D eigenvalue weighted by atomic mass is 14.9. The highest BCUT2D eigenvalue weighted by molar-refractivity contribution is 5.39. The molecule has 2 unspecified atom stereocenters. The zero-order valence-corrected chi connectivity index (χ0v) is 7.34. The third kappa shape index (κ3) is 0.831. The summed E-state index contributed by atoms with van der Waals surface area (Å²) >= 11 is 0. The van der Waals surface area contributed by atoms with Gasteiger partial charge in [-0.05, 0) is 49.3 Å². The second-order valence-electron chi connectivity index (χ2n) is 4.15. The van der Waals surface area contributed by atoms with Crippen LogP contribution in [0.15, 0.2) is 23.3 Å². The second-order valence-corrected chi connectivity index (χ2v) is 4.15. The normalized spacial score (nSPS) is 38.7. The fraction of sp³-hybridized carbons (Fsp3) is 0.636. The molecule has 0 aromatic rings. The van der Waals surface area contributed by atoms with Crippen LogP contribution in [-0.2, 0) is 0 Å². The fourth-order valence-corrected chi connectivity index (χ4v) is 2.97. The van der Waals surface area contributed by atoms with E-state index in [0.29, 0.717) is 0 Å². The average Bonchev–Trinajstić information content (AvgIpc) is 2.52. The molecule has 1 N–H and O–H groups in total. The Labute approximate surface area is 73.5 Å². The van der Waals surface area contributed by atoms with E-state index in [1.807, 2.05) is 0 Å². The molecule has 3 aliphatic rings. The predicted molar refractivity (Wildman–Crippen MR) is 49.9 cm³/mol. The van der Waals surface area contributed by atoms with E-state index in [1.54, 1.807) is 11.1 Å². The van der Waals surface area contributed by atoms with Crippen molar-refractivity contribution in [1.82, 2.24) is 5.32 Å². The van der Waals surface area contributed by atoms with Crippen molar-refractivity contribution in [3.05, 3.63) is 23.3 Å². The first-order valence-corrected chi connectivity index (χ1v) is 5.08. The molecule has 1 saturated heterocycles. The van der Waals surface area contributed by atoms with Crippen LogP contribution >= 0.6 is 0 Å². The maximum atomic E-state index is 3.62. The van der Waals surface area contributed by atoms with E-state index in [2.05, 4.69) is 17.5 Å². The summed E-state index contributed by atoms with van der Waals surface area (Å²) in [5.41, 5.74) is 3.42. The van der Waals surface area contributed by atoms with Crippen molar-refractivity contribution in [2.75, 3.05) is 6.54 Å². The molecule has 64 valence electrons. The SMILES string of the molecule is C1=CC2=C3C(C1)CCNC3CC2. The summed E-state index contributed by atoms with van der Waals surface area (Å²) in [6, 6.07) is 0.753. The molecule has 12 heavy (non-hydrogen) atoms. The lowest BCUT2D eigenvalue weighted by atomic mass is 9.82. The maximum absolute atomic E-state index is 3.62. The van der Waals surface area contributed by atoms with E-state index in [-0.39, 0.29) is 0 Å². The van der Waals surface area contributed by atoms with Crippen LogP contribution in [0.3, 0.4) is 0 Å². The smallest absolute Gasteiger partial charge is 0.0291 e. The molecular formula is C11H15N. The largest absolute Gasteiger partial charge is 0.310 e. The first kappa shape index (κ1) is 6.90. The van der Waals surface area contributed by atoms with Gasteiger partial charge in [-0.2, -0.15) is 0 Å². The highest BCUT2D eigenvalue weighted by Crippen LogP contribution is 2.40. The summed E-state index contributed by atoms with van der Waals surface area (Å²) in [6.45, 7) is 1.24. The standard InChI is InChI=1S/C11H15N/c1-2-8-4-5-10-11(8)9(3-1)6-7-12-10/h1-2,9-10,12H,3-7H2. The summed E-state index contributed by atoms with van der Waals surface area (Å²) in [5.74, 6) is 0.902. The quantitative estimate of drug-likeness (QED) is 0.573. The van der Waals surface area contributed by atoms with Crippen molar-refractivity contribution >= 4 is 0 Å². The van der Waals surface area contributed by atoms with E-state index < -0.39 is 0 Å². The minimum atomic E-state index is 0.753. The van der Waals surface area contributed by atoms with Crippen LogP contribution in [0.25, 0.3) is 0 Å². The van der Waals surface area contributed by atoms with E-state index in [0.717, 1.165) is 12.0 Å². The molecule has 0 bridgehead atoms. The van der Waals surface area contributed by atoms with Crippen molar-refractivity contribution in [3.63, 3.8) is 0 Å². The van der Waals surface area contributed by atoms with Gasteiger partial charge in [-0.25, -0.2) is 0 Å². The monoisotopic (exact) mass is 161 g/mol.